The Bertz CT molecular complexity index is 314. The van der Waals surface area contributed by atoms with Crippen LogP contribution in [0.4, 0.5) is 0 Å². The van der Waals surface area contributed by atoms with Crippen molar-refractivity contribution in [2.75, 3.05) is 20.3 Å². The highest BCUT2D eigenvalue weighted by Gasteiger charge is 2.44. The van der Waals surface area contributed by atoms with Gasteiger partial charge in [0, 0.05) is 26.7 Å². The third-order valence-electron chi connectivity index (χ3n) is 3.57. The number of likely N-dealkylation sites (tertiary alicyclic amines) is 1. The number of carboxylic acids is 1. The highest BCUT2D eigenvalue weighted by Crippen LogP contribution is 2.35. The van der Waals surface area contributed by atoms with Crippen LogP contribution < -0.4 is 0 Å². The molecule has 18 heavy (non-hydrogen) atoms. The molecule has 0 aromatic heterocycles. The molecule has 1 fully saturated rings. The van der Waals surface area contributed by atoms with Gasteiger partial charge in [0.25, 0.3) is 0 Å². The molecule has 0 aromatic rings. The lowest BCUT2D eigenvalue weighted by Crippen LogP contribution is -2.56. The van der Waals surface area contributed by atoms with E-state index in [1.165, 1.54) is 4.90 Å². The van der Waals surface area contributed by atoms with E-state index in [4.69, 9.17) is 4.74 Å². The molecule has 0 bridgehead atoms. The maximum absolute atomic E-state index is 12.1. The fourth-order valence-electron chi connectivity index (χ4n) is 2.64. The molecule has 1 aliphatic rings. The number of carboxylic acid groups (broad SMARTS) is 1. The topological polar surface area (TPSA) is 66.8 Å². The second kappa shape index (κ2) is 6.18. The minimum absolute atomic E-state index is 0.0766. The Morgan fingerprint density at radius 2 is 2.11 bits per heavy atom. The molecular formula is C13H23NO4. The van der Waals surface area contributed by atoms with Crippen molar-refractivity contribution in [1.29, 1.82) is 0 Å². The lowest BCUT2D eigenvalue weighted by atomic mass is 9.76. The third-order valence-corrected chi connectivity index (χ3v) is 3.57. The molecule has 0 radical (unpaired) electrons. The standard InChI is InChI=1S/C13H23NO4/c1-13(2)7-5-8-14(11(13)12(16)17)10(15)6-4-9-18-3/h11H,4-9H2,1-3H3,(H,16,17). The van der Waals surface area contributed by atoms with Crippen molar-refractivity contribution in [3.05, 3.63) is 0 Å². The summed E-state index contributed by atoms with van der Waals surface area (Å²) in [5.74, 6) is -0.980. The molecule has 0 aromatic carbocycles. The number of carbonyl (C=O) groups excluding carboxylic acids is 1. The van der Waals surface area contributed by atoms with E-state index < -0.39 is 12.0 Å². The average Bonchev–Trinajstić information content (AvgIpc) is 2.26. The second-order valence-corrected chi connectivity index (χ2v) is 5.52. The summed E-state index contributed by atoms with van der Waals surface area (Å²) in [5, 5.41) is 9.35. The van der Waals surface area contributed by atoms with Crippen molar-refractivity contribution in [2.24, 2.45) is 5.41 Å². The van der Waals surface area contributed by atoms with Crippen LogP contribution in [0, 0.1) is 5.41 Å². The van der Waals surface area contributed by atoms with Crippen LogP contribution in [0.15, 0.2) is 0 Å². The molecule has 1 saturated heterocycles. The summed E-state index contributed by atoms with van der Waals surface area (Å²) < 4.78 is 4.91. The first-order valence-corrected chi connectivity index (χ1v) is 6.41. The number of methoxy groups -OCH3 is 1. The number of piperidine rings is 1. The quantitative estimate of drug-likeness (QED) is 0.758. The second-order valence-electron chi connectivity index (χ2n) is 5.52. The Morgan fingerprint density at radius 1 is 1.44 bits per heavy atom. The van der Waals surface area contributed by atoms with E-state index in [1.54, 1.807) is 7.11 Å². The van der Waals surface area contributed by atoms with Gasteiger partial charge >= 0.3 is 5.97 Å². The van der Waals surface area contributed by atoms with Crippen molar-refractivity contribution < 1.29 is 19.4 Å². The van der Waals surface area contributed by atoms with Gasteiger partial charge in [-0.3, -0.25) is 4.79 Å². The summed E-state index contributed by atoms with van der Waals surface area (Å²) >= 11 is 0. The van der Waals surface area contributed by atoms with Gasteiger partial charge in [-0.2, -0.15) is 0 Å². The number of hydrogen-bond donors (Lipinski definition) is 1. The monoisotopic (exact) mass is 257 g/mol. The number of hydrogen-bond acceptors (Lipinski definition) is 3. The van der Waals surface area contributed by atoms with Gasteiger partial charge in [0.1, 0.15) is 6.04 Å². The maximum atomic E-state index is 12.1. The molecule has 5 heteroatoms. The van der Waals surface area contributed by atoms with Crippen LogP contribution >= 0.6 is 0 Å². The Hall–Kier alpha value is -1.10. The Balaban J connectivity index is 2.72. The summed E-state index contributed by atoms with van der Waals surface area (Å²) in [6.45, 7) is 4.91. The van der Waals surface area contributed by atoms with Gasteiger partial charge in [0.15, 0.2) is 0 Å². The highest BCUT2D eigenvalue weighted by molar-refractivity contribution is 5.84. The number of ether oxygens (including phenoxy) is 1. The lowest BCUT2D eigenvalue weighted by Gasteiger charge is -2.44. The van der Waals surface area contributed by atoms with Crippen molar-refractivity contribution in [1.82, 2.24) is 4.90 Å². The number of carbonyl (C=O) groups is 2. The van der Waals surface area contributed by atoms with E-state index in [2.05, 4.69) is 0 Å². The Morgan fingerprint density at radius 3 is 2.67 bits per heavy atom. The normalized spacial score (nSPS) is 22.8. The molecule has 0 spiro atoms. The van der Waals surface area contributed by atoms with Crippen LogP contribution in [-0.4, -0.2) is 48.2 Å². The van der Waals surface area contributed by atoms with Crippen LogP contribution in [-0.2, 0) is 14.3 Å². The molecule has 1 heterocycles. The zero-order valence-corrected chi connectivity index (χ0v) is 11.4. The van der Waals surface area contributed by atoms with Gasteiger partial charge in [-0.1, -0.05) is 13.8 Å². The molecule has 0 aliphatic carbocycles. The van der Waals surface area contributed by atoms with E-state index in [-0.39, 0.29) is 11.3 Å². The van der Waals surface area contributed by atoms with Gasteiger partial charge < -0.3 is 14.7 Å². The van der Waals surface area contributed by atoms with E-state index in [9.17, 15) is 14.7 Å². The zero-order valence-electron chi connectivity index (χ0n) is 11.4. The smallest absolute Gasteiger partial charge is 0.326 e. The number of amides is 1. The zero-order chi connectivity index (χ0) is 13.8. The van der Waals surface area contributed by atoms with E-state index in [0.29, 0.717) is 26.0 Å². The molecule has 1 unspecified atom stereocenters. The molecule has 1 amide bonds. The fourth-order valence-corrected chi connectivity index (χ4v) is 2.64. The minimum atomic E-state index is -0.903. The predicted molar refractivity (Wildman–Crippen MR) is 67.3 cm³/mol. The Labute approximate surface area is 108 Å². The molecule has 1 aliphatic heterocycles. The van der Waals surface area contributed by atoms with Crippen molar-refractivity contribution in [3.8, 4) is 0 Å². The number of aliphatic carboxylic acids is 1. The van der Waals surface area contributed by atoms with E-state index in [1.807, 2.05) is 13.8 Å². The molecule has 1 atom stereocenters. The van der Waals surface area contributed by atoms with Crippen molar-refractivity contribution >= 4 is 11.9 Å². The van der Waals surface area contributed by atoms with Crippen LogP contribution in [0.2, 0.25) is 0 Å². The summed E-state index contributed by atoms with van der Waals surface area (Å²) in [4.78, 5) is 25.0. The van der Waals surface area contributed by atoms with Crippen molar-refractivity contribution in [3.63, 3.8) is 0 Å². The van der Waals surface area contributed by atoms with Gasteiger partial charge in [-0.15, -0.1) is 0 Å². The first kappa shape index (κ1) is 15.0. The number of nitrogens with zero attached hydrogens (tertiary/aromatic N) is 1. The van der Waals surface area contributed by atoms with Crippen LogP contribution in [0.3, 0.4) is 0 Å². The summed E-state index contributed by atoms with van der Waals surface area (Å²) in [6.07, 6.45) is 2.70. The van der Waals surface area contributed by atoms with E-state index >= 15 is 0 Å². The van der Waals surface area contributed by atoms with Gasteiger partial charge in [0.2, 0.25) is 5.91 Å². The van der Waals surface area contributed by atoms with Crippen LogP contribution in [0.25, 0.3) is 0 Å². The van der Waals surface area contributed by atoms with Gasteiger partial charge in [0.05, 0.1) is 0 Å². The maximum Gasteiger partial charge on any atom is 0.326 e. The molecular weight excluding hydrogens is 234 g/mol. The van der Waals surface area contributed by atoms with Gasteiger partial charge in [-0.25, -0.2) is 4.79 Å². The minimum Gasteiger partial charge on any atom is -0.480 e. The molecule has 5 nitrogen and oxygen atoms in total. The summed E-state index contributed by atoms with van der Waals surface area (Å²) in [5.41, 5.74) is -0.360. The first-order valence-electron chi connectivity index (χ1n) is 6.41. The molecule has 0 saturated carbocycles. The van der Waals surface area contributed by atoms with Crippen LogP contribution in [0.5, 0.6) is 0 Å². The summed E-state index contributed by atoms with van der Waals surface area (Å²) in [7, 11) is 1.59. The summed E-state index contributed by atoms with van der Waals surface area (Å²) in [6, 6.07) is -0.707. The highest BCUT2D eigenvalue weighted by atomic mass is 16.5. The largest absolute Gasteiger partial charge is 0.480 e. The SMILES string of the molecule is COCCCC(=O)N1CCCC(C)(C)C1C(=O)O. The number of rotatable bonds is 5. The molecule has 104 valence electrons. The average molecular weight is 257 g/mol. The Kier molecular flexibility index (Phi) is 5.14. The predicted octanol–water partition coefficient (Wildman–Crippen LogP) is 1.51. The molecule has 1 N–H and O–H groups in total. The molecule has 1 rings (SSSR count). The first-order chi connectivity index (χ1) is 8.40. The lowest BCUT2D eigenvalue weighted by molar-refractivity contribution is -0.159. The third kappa shape index (κ3) is 3.45. The van der Waals surface area contributed by atoms with Crippen molar-refractivity contribution in [2.45, 2.75) is 45.6 Å². The van der Waals surface area contributed by atoms with E-state index in [0.717, 1.165) is 12.8 Å². The van der Waals surface area contributed by atoms with Crippen LogP contribution in [0.1, 0.15) is 39.5 Å². The van der Waals surface area contributed by atoms with Gasteiger partial charge in [-0.05, 0) is 24.7 Å². The fraction of sp³-hybridized carbons (Fsp3) is 0.846.